The molecular formula is C15H23N3O. The number of anilines is 1. The van der Waals surface area contributed by atoms with Crippen molar-refractivity contribution in [3.05, 3.63) is 29.3 Å². The van der Waals surface area contributed by atoms with Crippen LogP contribution in [0.2, 0.25) is 0 Å². The summed E-state index contributed by atoms with van der Waals surface area (Å²) in [7, 11) is 1.99. The Balaban J connectivity index is 2.06. The number of hydrogen-bond donors (Lipinski definition) is 2. The number of nitrogens with one attached hydrogen (secondary N) is 2. The monoisotopic (exact) mass is 261 g/mol. The standard InChI is InChI=1S/C15H23N3O/c1-3-8-17-15(19)11-18(2)14-6-4-5-12-10-16-9-7-13(12)14/h4-6,16H,3,7-11H2,1-2H3,(H,17,19). The summed E-state index contributed by atoms with van der Waals surface area (Å²) in [5.41, 5.74) is 3.92. The molecule has 0 atom stereocenters. The Bertz CT molecular complexity index is 445. The van der Waals surface area contributed by atoms with Gasteiger partial charge in [-0.1, -0.05) is 19.1 Å². The molecule has 2 rings (SSSR count). The maximum Gasteiger partial charge on any atom is 0.239 e. The fraction of sp³-hybridized carbons (Fsp3) is 0.533. The number of nitrogens with zero attached hydrogens (tertiary/aromatic N) is 1. The van der Waals surface area contributed by atoms with Gasteiger partial charge in [-0.15, -0.1) is 0 Å². The van der Waals surface area contributed by atoms with Crippen LogP contribution in [0.3, 0.4) is 0 Å². The number of hydrogen-bond acceptors (Lipinski definition) is 3. The second-order valence-corrected chi connectivity index (χ2v) is 5.05. The predicted octanol–water partition coefficient (Wildman–Crippen LogP) is 1.29. The van der Waals surface area contributed by atoms with E-state index in [1.54, 1.807) is 0 Å². The first-order valence-corrected chi connectivity index (χ1v) is 7.01. The van der Waals surface area contributed by atoms with Crippen LogP contribution in [0.4, 0.5) is 5.69 Å². The number of fused-ring (bicyclic) bond motifs is 1. The maximum atomic E-state index is 11.8. The van der Waals surface area contributed by atoms with Crippen molar-refractivity contribution < 1.29 is 4.79 Å². The molecule has 0 bridgehead atoms. The van der Waals surface area contributed by atoms with Gasteiger partial charge in [0.2, 0.25) is 5.91 Å². The van der Waals surface area contributed by atoms with Gasteiger partial charge in [-0.3, -0.25) is 4.79 Å². The van der Waals surface area contributed by atoms with Crippen molar-refractivity contribution in [2.75, 3.05) is 31.6 Å². The lowest BCUT2D eigenvalue weighted by Crippen LogP contribution is -2.36. The van der Waals surface area contributed by atoms with Gasteiger partial charge >= 0.3 is 0 Å². The highest BCUT2D eigenvalue weighted by atomic mass is 16.2. The number of benzene rings is 1. The second-order valence-electron chi connectivity index (χ2n) is 5.05. The third-order valence-electron chi connectivity index (χ3n) is 3.48. The average Bonchev–Trinajstić information content (AvgIpc) is 2.44. The zero-order valence-corrected chi connectivity index (χ0v) is 11.8. The zero-order chi connectivity index (χ0) is 13.7. The molecule has 0 saturated carbocycles. The fourth-order valence-corrected chi connectivity index (χ4v) is 2.49. The van der Waals surface area contributed by atoms with E-state index >= 15 is 0 Å². The van der Waals surface area contributed by atoms with E-state index in [-0.39, 0.29) is 5.91 Å². The van der Waals surface area contributed by atoms with Gasteiger partial charge in [0.05, 0.1) is 6.54 Å². The Kier molecular flexibility index (Phi) is 4.80. The summed E-state index contributed by atoms with van der Waals surface area (Å²) < 4.78 is 0. The summed E-state index contributed by atoms with van der Waals surface area (Å²) in [5, 5.41) is 6.30. The quantitative estimate of drug-likeness (QED) is 0.839. The van der Waals surface area contributed by atoms with Crippen molar-refractivity contribution in [3.63, 3.8) is 0 Å². The zero-order valence-electron chi connectivity index (χ0n) is 11.8. The number of rotatable bonds is 5. The molecule has 0 fully saturated rings. The van der Waals surface area contributed by atoms with Crippen LogP contribution in [0.15, 0.2) is 18.2 Å². The molecule has 0 aromatic heterocycles. The van der Waals surface area contributed by atoms with Crippen molar-refractivity contribution >= 4 is 11.6 Å². The normalized spacial score (nSPS) is 13.8. The summed E-state index contributed by atoms with van der Waals surface area (Å²) in [6.45, 7) is 5.18. The summed E-state index contributed by atoms with van der Waals surface area (Å²) in [6.07, 6.45) is 2.01. The molecule has 1 aromatic rings. The topological polar surface area (TPSA) is 44.4 Å². The second kappa shape index (κ2) is 6.57. The van der Waals surface area contributed by atoms with Gasteiger partial charge in [0.1, 0.15) is 0 Å². The summed E-state index contributed by atoms with van der Waals surface area (Å²) in [4.78, 5) is 13.8. The summed E-state index contributed by atoms with van der Waals surface area (Å²) in [6, 6.07) is 6.34. The molecule has 1 aliphatic rings. The summed E-state index contributed by atoms with van der Waals surface area (Å²) in [5.74, 6) is 0.0934. The van der Waals surface area contributed by atoms with Gasteiger partial charge in [-0.25, -0.2) is 0 Å². The predicted molar refractivity (Wildman–Crippen MR) is 78.4 cm³/mol. The van der Waals surface area contributed by atoms with Crippen LogP contribution in [-0.4, -0.2) is 32.6 Å². The highest BCUT2D eigenvalue weighted by molar-refractivity contribution is 5.81. The lowest BCUT2D eigenvalue weighted by Gasteiger charge is -2.26. The molecule has 0 radical (unpaired) electrons. The van der Waals surface area contributed by atoms with Crippen molar-refractivity contribution in [1.29, 1.82) is 0 Å². The Labute approximate surface area is 115 Å². The Morgan fingerprint density at radius 3 is 3.11 bits per heavy atom. The van der Waals surface area contributed by atoms with Gasteiger partial charge in [0.25, 0.3) is 0 Å². The van der Waals surface area contributed by atoms with Crippen LogP contribution in [0, 0.1) is 0 Å². The Hall–Kier alpha value is -1.55. The molecule has 2 N–H and O–H groups in total. The number of carbonyl (C=O) groups excluding carboxylic acids is 1. The minimum atomic E-state index is 0.0934. The smallest absolute Gasteiger partial charge is 0.239 e. The van der Waals surface area contributed by atoms with Gasteiger partial charge in [-0.05, 0) is 36.6 Å². The molecule has 0 aliphatic carbocycles. The SMILES string of the molecule is CCCNC(=O)CN(C)c1cccc2c1CCNC2. The van der Waals surface area contributed by atoms with Crippen molar-refractivity contribution in [1.82, 2.24) is 10.6 Å². The minimum absolute atomic E-state index is 0.0934. The minimum Gasteiger partial charge on any atom is -0.365 e. The molecule has 0 saturated heterocycles. The van der Waals surface area contributed by atoms with Crippen LogP contribution in [0.5, 0.6) is 0 Å². The highest BCUT2D eigenvalue weighted by Crippen LogP contribution is 2.25. The lowest BCUT2D eigenvalue weighted by molar-refractivity contribution is -0.119. The fourth-order valence-electron chi connectivity index (χ4n) is 2.49. The molecule has 4 nitrogen and oxygen atoms in total. The van der Waals surface area contributed by atoms with E-state index in [1.807, 2.05) is 7.05 Å². The molecule has 104 valence electrons. The van der Waals surface area contributed by atoms with Crippen molar-refractivity contribution in [3.8, 4) is 0 Å². The third kappa shape index (κ3) is 3.47. The van der Waals surface area contributed by atoms with E-state index in [2.05, 4.69) is 40.7 Å². The van der Waals surface area contributed by atoms with Crippen LogP contribution < -0.4 is 15.5 Å². The molecule has 0 unspecified atom stereocenters. The maximum absolute atomic E-state index is 11.8. The van der Waals surface area contributed by atoms with Crippen LogP contribution in [0.25, 0.3) is 0 Å². The molecule has 0 spiro atoms. The van der Waals surface area contributed by atoms with E-state index in [0.717, 1.165) is 32.5 Å². The summed E-state index contributed by atoms with van der Waals surface area (Å²) >= 11 is 0. The van der Waals surface area contributed by atoms with Gasteiger partial charge in [0, 0.05) is 25.8 Å². The molecule has 4 heteroatoms. The lowest BCUT2D eigenvalue weighted by atomic mass is 9.98. The molecule has 1 aromatic carbocycles. The van der Waals surface area contributed by atoms with Gasteiger partial charge in [-0.2, -0.15) is 0 Å². The van der Waals surface area contributed by atoms with E-state index in [9.17, 15) is 4.79 Å². The Morgan fingerprint density at radius 1 is 1.47 bits per heavy atom. The first-order valence-electron chi connectivity index (χ1n) is 7.01. The molecule has 1 aliphatic heterocycles. The molecule has 1 amide bonds. The Morgan fingerprint density at radius 2 is 2.32 bits per heavy atom. The van der Waals surface area contributed by atoms with Crippen LogP contribution >= 0.6 is 0 Å². The van der Waals surface area contributed by atoms with Gasteiger partial charge < -0.3 is 15.5 Å². The first kappa shape index (κ1) is 13.9. The molecular weight excluding hydrogens is 238 g/mol. The average molecular weight is 261 g/mol. The van der Waals surface area contributed by atoms with Crippen LogP contribution in [-0.2, 0) is 17.8 Å². The highest BCUT2D eigenvalue weighted by Gasteiger charge is 2.16. The number of carbonyl (C=O) groups is 1. The van der Waals surface area contributed by atoms with Gasteiger partial charge in [0.15, 0.2) is 0 Å². The van der Waals surface area contributed by atoms with E-state index < -0.39 is 0 Å². The first-order chi connectivity index (χ1) is 9.22. The van der Waals surface area contributed by atoms with E-state index in [1.165, 1.54) is 16.8 Å². The molecule has 1 heterocycles. The van der Waals surface area contributed by atoms with E-state index in [4.69, 9.17) is 0 Å². The number of amides is 1. The van der Waals surface area contributed by atoms with E-state index in [0.29, 0.717) is 6.54 Å². The number of likely N-dealkylation sites (N-methyl/N-ethyl adjacent to an activating group) is 1. The van der Waals surface area contributed by atoms with Crippen molar-refractivity contribution in [2.45, 2.75) is 26.3 Å². The van der Waals surface area contributed by atoms with Crippen LogP contribution in [0.1, 0.15) is 24.5 Å². The largest absolute Gasteiger partial charge is 0.365 e. The van der Waals surface area contributed by atoms with Crippen molar-refractivity contribution in [2.24, 2.45) is 0 Å². The molecule has 19 heavy (non-hydrogen) atoms. The third-order valence-corrected chi connectivity index (χ3v) is 3.48.